The number of rotatable bonds is 18. The Morgan fingerprint density at radius 3 is 2.46 bits per heavy atom. The van der Waals surface area contributed by atoms with Crippen LogP contribution in [-0.4, -0.2) is 127 Å². The molecule has 4 amide bonds. The molecule has 17 nitrogen and oxygen atoms in total. The number of aliphatic hydroxyl groups excluding tert-OH is 1. The Labute approximate surface area is 386 Å². The van der Waals surface area contributed by atoms with Gasteiger partial charge in [0.2, 0.25) is 23.5 Å². The van der Waals surface area contributed by atoms with E-state index >= 15 is 0 Å². The molecule has 18 heteroatoms. The predicted molar refractivity (Wildman–Crippen MR) is 239 cm³/mol. The SMILES string of the molecule is Cc1ncsc1-c1ccc(CNC(=O)[C@@H]2C[C@@H](O)CN2C(=O)[C@@H](NC(=O)CCOCCOCCNC(=O)OCC[C@H]2O[C@@H]3OC4(C)CC[C@H]5[C@H](C)CC[C@@H]([C@H]2C)[C@@]35OO4)C(C)(C)C)cc1. The van der Waals surface area contributed by atoms with Crippen molar-refractivity contribution in [3.05, 3.63) is 41.0 Å². The van der Waals surface area contributed by atoms with Gasteiger partial charge in [0.25, 0.3) is 0 Å². The minimum atomic E-state index is -0.943. The molecule has 6 heterocycles. The zero-order chi connectivity index (χ0) is 46.5. The van der Waals surface area contributed by atoms with Crippen molar-refractivity contribution >= 4 is 35.2 Å². The monoisotopic (exact) mass is 927 g/mol. The average molecular weight is 928 g/mol. The van der Waals surface area contributed by atoms with Gasteiger partial charge in [0.05, 0.1) is 61.3 Å². The van der Waals surface area contributed by atoms with E-state index in [1.807, 2.05) is 64.4 Å². The Bertz CT molecular complexity index is 1960. The number of carbonyl (C=O) groups is 4. The minimum absolute atomic E-state index is 0.00231. The Balaban J connectivity index is 0.758. The lowest BCUT2D eigenvalue weighted by atomic mass is 9.57. The fraction of sp³-hybridized carbons (Fsp3) is 0.723. The van der Waals surface area contributed by atoms with Crippen LogP contribution in [0.5, 0.6) is 0 Å². The van der Waals surface area contributed by atoms with Gasteiger partial charge in [0.15, 0.2) is 11.9 Å². The molecular weight excluding hydrogens is 859 g/mol. The molecule has 1 aliphatic carbocycles. The molecule has 360 valence electrons. The van der Waals surface area contributed by atoms with Gasteiger partial charge in [-0.05, 0) is 67.4 Å². The third kappa shape index (κ3) is 11.3. The summed E-state index contributed by atoms with van der Waals surface area (Å²) in [5.74, 6) is -0.853. The normalized spacial score (nSPS) is 31.1. The molecule has 0 radical (unpaired) electrons. The number of ether oxygens (including phenoxy) is 5. The summed E-state index contributed by atoms with van der Waals surface area (Å²) in [5.41, 5.74) is 3.41. The maximum atomic E-state index is 14.0. The Hall–Kier alpha value is -3.75. The van der Waals surface area contributed by atoms with Crippen LogP contribution in [0.2, 0.25) is 0 Å². The first-order chi connectivity index (χ1) is 31.0. The van der Waals surface area contributed by atoms with Crippen LogP contribution in [-0.2, 0) is 54.4 Å². The smallest absolute Gasteiger partial charge is 0.407 e. The molecule has 5 aliphatic heterocycles. The Kier molecular flexibility index (Phi) is 15.9. The molecule has 8 rings (SSSR count). The molecular formula is C47H69N5O12S. The van der Waals surface area contributed by atoms with Crippen LogP contribution in [0.25, 0.3) is 10.4 Å². The molecule has 4 N–H and O–H groups in total. The van der Waals surface area contributed by atoms with E-state index in [1.54, 1.807) is 11.3 Å². The summed E-state index contributed by atoms with van der Waals surface area (Å²) >= 11 is 1.57. The number of carbonyl (C=O) groups excluding carboxylic acids is 4. The van der Waals surface area contributed by atoms with Crippen molar-refractivity contribution in [2.75, 3.05) is 46.1 Å². The van der Waals surface area contributed by atoms with E-state index in [2.05, 4.69) is 34.8 Å². The number of alkyl carbamates (subject to hydrolysis) is 1. The van der Waals surface area contributed by atoms with Gasteiger partial charge in [0, 0.05) is 51.2 Å². The zero-order valence-corrected chi connectivity index (χ0v) is 39.7. The standard InChI is InChI=1S/C47H69N5O12S/c1-28-8-13-35-29(2)37(61-43-47(35)34(28)14-17-46(7,62-43)63-64-47)15-20-60-44(57)48-18-21-59-23-22-58-19-16-38(54)51-40(45(4,5)6)42(56)52-26-33(53)24-36(52)41(55)49-25-31-9-11-32(12-10-31)39-30(3)50-27-65-39/h9-12,27-29,33-37,40,43,53H,8,13-26H2,1-7H3,(H,48,57)(H,49,55)(H,51,54)/t28-,29-,33-,34+,35+,36+,37-,40-,43-,46?,47-/m1/s1. The summed E-state index contributed by atoms with van der Waals surface area (Å²) in [5, 5.41) is 19.0. The van der Waals surface area contributed by atoms with E-state index < -0.39 is 53.3 Å². The summed E-state index contributed by atoms with van der Waals surface area (Å²) in [7, 11) is 0. The van der Waals surface area contributed by atoms with E-state index in [0.717, 1.165) is 47.4 Å². The summed E-state index contributed by atoms with van der Waals surface area (Å²) in [6, 6.07) is 6.04. The van der Waals surface area contributed by atoms with Gasteiger partial charge < -0.3 is 49.6 Å². The minimum Gasteiger partial charge on any atom is -0.449 e. The predicted octanol–water partition coefficient (Wildman–Crippen LogP) is 5.02. The largest absolute Gasteiger partial charge is 0.449 e. The highest BCUT2D eigenvalue weighted by Gasteiger charge is 2.69. The van der Waals surface area contributed by atoms with Crippen LogP contribution in [0.4, 0.5) is 4.79 Å². The first-order valence-corrected chi connectivity index (χ1v) is 24.2. The number of hydrogen-bond acceptors (Lipinski definition) is 14. The molecule has 1 aromatic carbocycles. The molecule has 2 bridgehead atoms. The third-order valence-electron chi connectivity index (χ3n) is 14.0. The summed E-state index contributed by atoms with van der Waals surface area (Å²) in [6.45, 7) is 15.4. The molecule has 1 unspecified atom stereocenters. The molecule has 65 heavy (non-hydrogen) atoms. The number of likely N-dealkylation sites (tertiary alicyclic amines) is 1. The van der Waals surface area contributed by atoms with E-state index in [9.17, 15) is 24.3 Å². The number of hydrogen-bond donors (Lipinski definition) is 4. The zero-order valence-electron chi connectivity index (χ0n) is 38.9. The molecule has 1 aromatic heterocycles. The Morgan fingerprint density at radius 2 is 1.74 bits per heavy atom. The first kappa shape index (κ1) is 49.2. The maximum absolute atomic E-state index is 14.0. The number of benzene rings is 1. The average Bonchev–Trinajstić information content (AvgIpc) is 3.81. The number of amides is 4. The lowest BCUT2D eigenvalue weighted by Gasteiger charge is -2.60. The van der Waals surface area contributed by atoms with Gasteiger partial charge in [0.1, 0.15) is 12.1 Å². The van der Waals surface area contributed by atoms with E-state index in [4.69, 9.17) is 33.5 Å². The summed E-state index contributed by atoms with van der Waals surface area (Å²) in [4.78, 5) is 71.8. The lowest BCUT2D eigenvalue weighted by Crippen LogP contribution is -2.70. The van der Waals surface area contributed by atoms with Crippen molar-refractivity contribution in [1.82, 2.24) is 25.8 Å². The third-order valence-corrected chi connectivity index (χ3v) is 15.0. The summed E-state index contributed by atoms with van der Waals surface area (Å²) < 4.78 is 29.7. The highest BCUT2D eigenvalue weighted by atomic mass is 32.1. The molecule has 11 atom stereocenters. The number of aryl methyl sites for hydroxylation is 1. The van der Waals surface area contributed by atoms with Crippen LogP contribution in [0.1, 0.15) is 97.7 Å². The van der Waals surface area contributed by atoms with E-state index in [1.165, 1.54) is 4.90 Å². The molecule has 5 saturated heterocycles. The molecule has 2 aromatic rings. The molecule has 1 spiro atoms. The van der Waals surface area contributed by atoms with Gasteiger partial charge in [-0.15, -0.1) is 11.3 Å². The van der Waals surface area contributed by atoms with Crippen LogP contribution < -0.4 is 16.0 Å². The number of nitrogens with one attached hydrogen (secondary N) is 3. The van der Waals surface area contributed by atoms with Gasteiger partial charge in [-0.25, -0.2) is 19.6 Å². The number of thiazole rings is 1. The second-order valence-electron chi connectivity index (χ2n) is 19.7. The van der Waals surface area contributed by atoms with Gasteiger partial charge in [-0.1, -0.05) is 58.9 Å². The topological polar surface area (TPSA) is 205 Å². The van der Waals surface area contributed by atoms with Crippen LogP contribution in [0.3, 0.4) is 0 Å². The van der Waals surface area contributed by atoms with Crippen molar-refractivity contribution in [2.45, 2.75) is 142 Å². The highest BCUT2D eigenvalue weighted by molar-refractivity contribution is 7.13. The Morgan fingerprint density at radius 1 is 0.985 bits per heavy atom. The second-order valence-corrected chi connectivity index (χ2v) is 20.6. The van der Waals surface area contributed by atoms with E-state index in [0.29, 0.717) is 18.3 Å². The number of fused-ring (bicyclic) bond motifs is 2. The highest BCUT2D eigenvalue weighted by Crippen LogP contribution is 2.60. The quantitative estimate of drug-likeness (QED) is 0.115. The first-order valence-electron chi connectivity index (χ1n) is 23.3. The number of aliphatic hydroxyl groups is 1. The second kappa shape index (κ2) is 21.0. The molecule has 6 aliphatic rings. The van der Waals surface area contributed by atoms with Crippen molar-refractivity contribution < 1.29 is 57.7 Å². The van der Waals surface area contributed by atoms with Crippen LogP contribution in [0, 0.1) is 36.0 Å². The van der Waals surface area contributed by atoms with Gasteiger partial charge in [-0.2, -0.15) is 0 Å². The fourth-order valence-electron chi connectivity index (χ4n) is 10.4. The maximum Gasteiger partial charge on any atom is 0.407 e. The number of β-amino-alcohol motifs (C(OH)–C–C–N with tert-alkyl or cyclic N) is 1. The van der Waals surface area contributed by atoms with Gasteiger partial charge >= 0.3 is 6.09 Å². The van der Waals surface area contributed by atoms with Gasteiger partial charge in [-0.3, -0.25) is 14.4 Å². The fourth-order valence-corrected chi connectivity index (χ4v) is 11.2. The van der Waals surface area contributed by atoms with Crippen LogP contribution in [0.15, 0.2) is 29.8 Å². The number of aromatic nitrogens is 1. The van der Waals surface area contributed by atoms with Crippen molar-refractivity contribution in [1.29, 1.82) is 0 Å². The van der Waals surface area contributed by atoms with Crippen molar-refractivity contribution in [3.63, 3.8) is 0 Å². The number of nitrogens with zero attached hydrogens (tertiary/aromatic N) is 2. The van der Waals surface area contributed by atoms with Crippen LogP contribution >= 0.6 is 11.3 Å². The molecule has 6 fully saturated rings. The molecule has 1 saturated carbocycles. The van der Waals surface area contributed by atoms with Crippen molar-refractivity contribution in [3.8, 4) is 10.4 Å². The van der Waals surface area contributed by atoms with Crippen molar-refractivity contribution in [2.24, 2.45) is 29.1 Å². The lowest BCUT2D eigenvalue weighted by molar-refractivity contribution is -0.571. The van der Waals surface area contributed by atoms with E-state index in [-0.39, 0.29) is 95.3 Å². The summed E-state index contributed by atoms with van der Waals surface area (Å²) in [6.07, 6.45) is 2.40.